The Morgan fingerprint density at radius 1 is 1.00 bits per heavy atom. The minimum absolute atomic E-state index is 0. The molecule has 0 unspecified atom stereocenters. The summed E-state index contributed by atoms with van der Waals surface area (Å²) in [5.41, 5.74) is 3.91. The van der Waals surface area contributed by atoms with E-state index in [0.717, 1.165) is 24.0 Å². The summed E-state index contributed by atoms with van der Waals surface area (Å²) in [5.74, 6) is 0.682. The van der Waals surface area contributed by atoms with E-state index in [2.05, 4.69) is 34.7 Å². The standard InChI is InChI=1S/C26H26ClFN2O2.ClH/c1-2-31-25-14-18(13-22(27)26(25)32-17-20-7-3-5-9-23(20)28)15-29-12-11-19-16-30-24-10-6-4-8-21(19)24;/h3-10,13-14,16,29-30H,2,11-12,15,17H2,1H3;1H. The molecule has 0 saturated heterocycles. The second kappa shape index (κ2) is 11.9. The first kappa shape index (κ1) is 24.9. The number of H-pyrrole nitrogens is 1. The monoisotopic (exact) mass is 488 g/mol. The molecule has 0 spiro atoms. The van der Waals surface area contributed by atoms with Crippen molar-refractivity contribution < 1.29 is 13.9 Å². The number of fused-ring (bicyclic) bond motifs is 1. The van der Waals surface area contributed by atoms with Crippen LogP contribution in [0.25, 0.3) is 10.9 Å². The lowest BCUT2D eigenvalue weighted by Crippen LogP contribution is -2.16. The quantitative estimate of drug-likeness (QED) is 0.244. The normalized spacial score (nSPS) is 10.8. The molecule has 0 radical (unpaired) electrons. The maximum atomic E-state index is 13.9. The van der Waals surface area contributed by atoms with Crippen molar-refractivity contribution in [1.29, 1.82) is 0 Å². The largest absolute Gasteiger partial charge is 0.490 e. The first-order valence-electron chi connectivity index (χ1n) is 10.7. The van der Waals surface area contributed by atoms with E-state index in [1.165, 1.54) is 17.0 Å². The van der Waals surface area contributed by atoms with Crippen molar-refractivity contribution in [2.45, 2.75) is 26.5 Å². The van der Waals surface area contributed by atoms with Gasteiger partial charge in [-0.05, 0) is 55.3 Å². The Morgan fingerprint density at radius 2 is 1.79 bits per heavy atom. The Labute approximate surface area is 204 Å². The third-order valence-corrected chi connectivity index (χ3v) is 5.55. The zero-order valence-electron chi connectivity index (χ0n) is 18.4. The van der Waals surface area contributed by atoms with Crippen molar-refractivity contribution in [3.05, 3.63) is 94.4 Å². The van der Waals surface area contributed by atoms with E-state index in [1.807, 2.05) is 25.1 Å². The molecular formula is C26H27Cl2FN2O2. The second-order valence-electron chi connectivity index (χ2n) is 7.50. The number of ether oxygens (including phenoxy) is 2. The third-order valence-electron chi connectivity index (χ3n) is 5.27. The molecule has 0 amide bonds. The Kier molecular flexibility index (Phi) is 9.01. The first-order chi connectivity index (χ1) is 15.7. The van der Waals surface area contributed by atoms with Crippen molar-refractivity contribution in [2.75, 3.05) is 13.2 Å². The molecule has 33 heavy (non-hydrogen) atoms. The predicted octanol–water partition coefficient (Wildman–Crippen LogP) is 6.69. The fourth-order valence-electron chi connectivity index (χ4n) is 3.69. The van der Waals surface area contributed by atoms with Crippen LogP contribution in [0.1, 0.15) is 23.6 Å². The minimum atomic E-state index is -0.308. The molecule has 0 bridgehead atoms. The molecule has 1 aromatic heterocycles. The molecule has 7 heteroatoms. The molecule has 4 rings (SSSR count). The molecule has 0 aliphatic carbocycles. The number of hydrogen-bond acceptors (Lipinski definition) is 3. The van der Waals surface area contributed by atoms with E-state index in [9.17, 15) is 4.39 Å². The fourth-order valence-corrected chi connectivity index (χ4v) is 3.97. The van der Waals surface area contributed by atoms with Crippen molar-refractivity contribution in [3.8, 4) is 11.5 Å². The van der Waals surface area contributed by atoms with Gasteiger partial charge in [0.25, 0.3) is 0 Å². The van der Waals surface area contributed by atoms with Crippen LogP contribution in [0.3, 0.4) is 0 Å². The van der Waals surface area contributed by atoms with E-state index >= 15 is 0 Å². The number of aromatic amines is 1. The Balaban J connectivity index is 0.00000306. The van der Waals surface area contributed by atoms with Gasteiger partial charge in [0.15, 0.2) is 11.5 Å². The number of hydrogen-bond donors (Lipinski definition) is 2. The van der Waals surface area contributed by atoms with Crippen LogP contribution in [-0.2, 0) is 19.6 Å². The lowest BCUT2D eigenvalue weighted by molar-refractivity contribution is 0.266. The second-order valence-corrected chi connectivity index (χ2v) is 7.91. The van der Waals surface area contributed by atoms with Gasteiger partial charge in [0.2, 0.25) is 0 Å². The zero-order valence-corrected chi connectivity index (χ0v) is 19.9. The molecule has 0 aliphatic rings. The highest BCUT2D eigenvalue weighted by atomic mass is 35.5. The maximum Gasteiger partial charge on any atom is 0.180 e. The summed E-state index contributed by atoms with van der Waals surface area (Å²) in [6.45, 7) is 3.93. The molecule has 2 N–H and O–H groups in total. The Hall–Kier alpha value is -2.73. The highest BCUT2D eigenvalue weighted by molar-refractivity contribution is 6.32. The Bertz CT molecular complexity index is 1200. The summed E-state index contributed by atoms with van der Waals surface area (Å²) in [6, 6.07) is 18.6. The molecule has 0 atom stereocenters. The number of nitrogens with one attached hydrogen (secondary N) is 2. The lowest BCUT2D eigenvalue weighted by Gasteiger charge is -2.16. The number of benzene rings is 3. The van der Waals surface area contributed by atoms with Crippen LogP contribution in [0.15, 0.2) is 66.9 Å². The van der Waals surface area contributed by atoms with Gasteiger partial charge in [-0.1, -0.05) is 48.0 Å². The van der Waals surface area contributed by atoms with Gasteiger partial charge in [0.1, 0.15) is 12.4 Å². The number of rotatable bonds is 10. The van der Waals surface area contributed by atoms with E-state index in [0.29, 0.717) is 35.2 Å². The molecule has 4 aromatic rings. The summed E-state index contributed by atoms with van der Waals surface area (Å²) >= 11 is 6.51. The molecule has 1 heterocycles. The molecule has 4 nitrogen and oxygen atoms in total. The minimum Gasteiger partial charge on any atom is -0.490 e. The van der Waals surface area contributed by atoms with E-state index in [-0.39, 0.29) is 24.8 Å². The van der Waals surface area contributed by atoms with E-state index < -0.39 is 0 Å². The van der Waals surface area contributed by atoms with Gasteiger partial charge >= 0.3 is 0 Å². The number of aromatic nitrogens is 1. The van der Waals surface area contributed by atoms with Gasteiger partial charge in [0, 0.05) is 29.2 Å². The smallest absolute Gasteiger partial charge is 0.180 e. The SMILES string of the molecule is CCOc1cc(CNCCc2c[nH]c3ccccc23)cc(Cl)c1OCc1ccccc1F.Cl. The van der Waals surface area contributed by atoms with Crippen molar-refractivity contribution >= 4 is 34.9 Å². The molecule has 0 fully saturated rings. The van der Waals surface area contributed by atoms with Gasteiger partial charge in [-0.2, -0.15) is 0 Å². The summed E-state index contributed by atoms with van der Waals surface area (Å²) in [6.07, 6.45) is 2.98. The van der Waals surface area contributed by atoms with Crippen LogP contribution in [0.2, 0.25) is 5.02 Å². The van der Waals surface area contributed by atoms with Crippen LogP contribution in [0, 0.1) is 5.82 Å². The van der Waals surface area contributed by atoms with Crippen LogP contribution >= 0.6 is 24.0 Å². The van der Waals surface area contributed by atoms with Crippen LogP contribution in [0.5, 0.6) is 11.5 Å². The molecular weight excluding hydrogens is 462 g/mol. The summed E-state index contributed by atoms with van der Waals surface area (Å²) in [4.78, 5) is 3.31. The van der Waals surface area contributed by atoms with Crippen molar-refractivity contribution in [1.82, 2.24) is 10.3 Å². The van der Waals surface area contributed by atoms with Gasteiger partial charge in [-0.3, -0.25) is 0 Å². The average molecular weight is 489 g/mol. The summed E-state index contributed by atoms with van der Waals surface area (Å²) < 4.78 is 25.5. The maximum absolute atomic E-state index is 13.9. The van der Waals surface area contributed by atoms with Gasteiger partial charge < -0.3 is 19.8 Å². The third kappa shape index (κ3) is 6.20. The topological polar surface area (TPSA) is 46.3 Å². The number of para-hydroxylation sites is 1. The molecule has 0 aliphatic heterocycles. The predicted molar refractivity (Wildman–Crippen MR) is 134 cm³/mol. The van der Waals surface area contributed by atoms with Gasteiger partial charge in [0.05, 0.1) is 11.6 Å². The molecule has 0 saturated carbocycles. The average Bonchev–Trinajstić information content (AvgIpc) is 3.21. The van der Waals surface area contributed by atoms with E-state index in [4.69, 9.17) is 21.1 Å². The Morgan fingerprint density at radius 3 is 2.61 bits per heavy atom. The van der Waals surface area contributed by atoms with E-state index in [1.54, 1.807) is 18.2 Å². The lowest BCUT2D eigenvalue weighted by atomic mass is 10.1. The summed E-state index contributed by atoms with van der Waals surface area (Å²) in [5, 5.41) is 5.17. The first-order valence-corrected chi connectivity index (χ1v) is 11.1. The van der Waals surface area contributed by atoms with Gasteiger partial charge in [-0.25, -0.2) is 4.39 Å². The number of halogens is 3. The van der Waals surface area contributed by atoms with Crippen LogP contribution < -0.4 is 14.8 Å². The highest BCUT2D eigenvalue weighted by Crippen LogP contribution is 2.37. The zero-order chi connectivity index (χ0) is 22.3. The van der Waals surface area contributed by atoms with Crippen LogP contribution in [-0.4, -0.2) is 18.1 Å². The van der Waals surface area contributed by atoms with Crippen LogP contribution in [0.4, 0.5) is 4.39 Å². The van der Waals surface area contributed by atoms with Crippen molar-refractivity contribution in [3.63, 3.8) is 0 Å². The highest BCUT2D eigenvalue weighted by Gasteiger charge is 2.14. The fraction of sp³-hybridized carbons (Fsp3) is 0.231. The van der Waals surface area contributed by atoms with Gasteiger partial charge in [-0.15, -0.1) is 12.4 Å². The molecule has 3 aromatic carbocycles. The van der Waals surface area contributed by atoms with Crippen molar-refractivity contribution in [2.24, 2.45) is 0 Å². The summed E-state index contributed by atoms with van der Waals surface area (Å²) in [7, 11) is 0. The molecule has 174 valence electrons.